The van der Waals surface area contributed by atoms with Crippen molar-refractivity contribution in [2.45, 2.75) is 36.1 Å². The molecule has 186 valence electrons. The number of halogens is 1. The largest absolute Gasteiger partial charge is 0.369 e. The highest BCUT2D eigenvalue weighted by atomic mass is 35.5. The molecular formula is C30H33ClN4S. The van der Waals surface area contributed by atoms with Crippen molar-refractivity contribution in [3.8, 4) is 0 Å². The van der Waals surface area contributed by atoms with Crippen LogP contribution >= 0.6 is 23.4 Å². The van der Waals surface area contributed by atoms with Gasteiger partial charge in [0.05, 0.1) is 6.33 Å². The summed E-state index contributed by atoms with van der Waals surface area (Å²) < 4.78 is 2.18. The molecule has 1 aromatic heterocycles. The molecule has 2 heterocycles. The van der Waals surface area contributed by atoms with Crippen LogP contribution in [0.25, 0.3) is 0 Å². The van der Waals surface area contributed by atoms with Crippen molar-refractivity contribution in [1.82, 2.24) is 14.5 Å². The van der Waals surface area contributed by atoms with E-state index in [0.717, 1.165) is 57.1 Å². The minimum atomic E-state index is 0.460. The molecule has 0 aliphatic carbocycles. The van der Waals surface area contributed by atoms with Crippen LogP contribution in [0, 0.1) is 0 Å². The molecule has 4 aromatic rings. The maximum absolute atomic E-state index is 6.07. The van der Waals surface area contributed by atoms with Crippen LogP contribution in [0.4, 0.5) is 5.69 Å². The number of piperazine rings is 1. The molecule has 1 saturated heterocycles. The summed E-state index contributed by atoms with van der Waals surface area (Å²) in [5.74, 6) is 0. The van der Waals surface area contributed by atoms with Gasteiger partial charge < -0.3 is 9.47 Å². The second-order valence-corrected chi connectivity index (χ2v) is 11.2. The average molecular weight is 517 g/mol. The fourth-order valence-corrected chi connectivity index (χ4v) is 6.02. The lowest BCUT2D eigenvalue weighted by atomic mass is 10.1. The molecule has 0 bridgehead atoms. The quantitative estimate of drug-likeness (QED) is 0.220. The first-order valence-corrected chi connectivity index (χ1v) is 14.0. The van der Waals surface area contributed by atoms with Crippen LogP contribution in [0.15, 0.2) is 102 Å². The third-order valence-corrected chi connectivity index (χ3v) is 8.28. The predicted molar refractivity (Wildman–Crippen MR) is 152 cm³/mol. The number of anilines is 1. The Hall–Kier alpha value is -2.73. The van der Waals surface area contributed by atoms with Gasteiger partial charge >= 0.3 is 0 Å². The average Bonchev–Trinajstić information content (AvgIpc) is 3.43. The number of aromatic nitrogens is 2. The highest BCUT2D eigenvalue weighted by Crippen LogP contribution is 2.30. The van der Waals surface area contributed by atoms with Crippen LogP contribution < -0.4 is 4.90 Å². The summed E-state index contributed by atoms with van der Waals surface area (Å²) in [6.45, 7) is 6.33. The first kappa shape index (κ1) is 24.9. The minimum Gasteiger partial charge on any atom is -0.369 e. The molecule has 0 amide bonds. The zero-order chi connectivity index (χ0) is 24.6. The summed E-state index contributed by atoms with van der Waals surface area (Å²) in [5, 5.41) is 1.25. The Morgan fingerprint density at radius 3 is 2.28 bits per heavy atom. The molecule has 6 heteroatoms. The summed E-state index contributed by atoms with van der Waals surface area (Å²) in [4.78, 5) is 10.6. The number of aryl methyl sites for hydroxylation is 1. The zero-order valence-corrected chi connectivity index (χ0v) is 22.1. The van der Waals surface area contributed by atoms with Gasteiger partial charge in [-0.05, 0) is 60.4 Å². The molecule has 0 saturated carbocycles. The fourth-order valence-electron chi connectivity index (χ4n) is 4.73. The Bertz CT molecular complexity index is 1170. The van der Waals surface area contributed by atoms with Crippen molar-refractivity contribution in [3.63, 3.8) is 0 Å². The maximum atomic E-state index is 6.07. The van der Waals surface area contributed by atoms with Gasteiger partial charge in [0.1, 0.15) is 0 Å². The van der Waals surface area contributed by atoms with E-state index in [1.165, 1.54) is 21.7 Å². The summed E-state index contributed by atoms with van der Waals surface area (Å²) >= 11 is 8.03. The maximum Gasteiger partial charge on any atom is 0.0946 e. The van der Waals surface area contributed by atoms with Crippen LogP contribution in [0.2, 0.25) is 5.02 Å². The van der Waals surface area contributed by atoms with Gasteiger partial charge in [-0.25, -0.2) is 4.98 Å². The minimum absolute atomic E-state index is 0.460. The SMILES string of the molecule is Clc1ccc(CCC(Cn2ccnc2)Sc2ccc(N3CCN(Cc4ccccc4)CC3)cc2)cc1. The van der Waals surface area contributed by atoms with Crippen molar-refractivity contribution in [3.05, 3.63) is 114 Å². The number of rotatable bonds is 10. The number of hydrogen-bond acceptors (Lipinski definition) is 4. The van der Waals surface area contributed by atoms with Crippen molar-refractivity contribution < 1.29 is 0 Å². The molecule has 1 aliphatic rings. The van der Waals surface area contributed by atoms with Crippen LogP contribution in [0.1, 0.15) is 17.5 Å². The molecular weight excluding hydrogens is 484 g/mol. The van der Waals surface area contributed by atoms with E-state index in [4.69, 9.17) is 11.6 Å². The van der Waals surface area contributed by atoms with Crippen molar-refractivity contribution in [1.29, 1.82) is 0 Å². The Balaban J connectivity index is 1.16. The van der Waals surface area contributed by atoms with Crippen molar-refractivity contribution in [2.75, 3.05) is 31.1 Å². The van der Waals surface area contributed by atoms with E-state index in [2.05, 4.69) is 92.3 Å². The van der Waals surface area contributed by atoms with Gasteiger partial charge in [0.15, 0.2) is 0 Å². The third kappa shape index (κ3) is 7.16. The van der Waals surface area contributed by atoms with Crippen molar-refractivity contribution >= 4 is 29.1 Å². The van der Waals surface area contributed by atoms with Crippen LogP contribution in [0.3, 0.4) is 0 Å². The topological polar surface area (TPSA) is 24.3 Å². The summed E-state index contributed by atoms with van der Waals surface area (Å²) in [6, 6.07) is 28.2. The zero-order valence-electron chi connectivity index (χ0n) is 20.5. The van der Waals surface area contributed by atoms with Gasteiger partial charge in [-0.15, -0.1) is 11.8 Å². The van der Waals surface area contributed by atoms with Gasteiger partial charge in [-0.3, -0.25) is 4.90 Å². The number of hydrogen-bond donors (Lipinski definition) is 0. The fraction of sp³-hybridized carbons (Fsp3) is 0.300. The van der Waals surface area contributed by atoms with Gasteiger partial charge in [-0.2, -0.15) is 0 Å². The first-order valence-electron chi connectivity index (χ1n) is 12.7. The lowest BCUT2D eigenvalue weighted by Gasteiger charge is -2.36. The number of nitrogens with zero attached hydrogens (tertiary/aromatic N) is 4. The van der Waals surface area contributed by atoms with E-state index in [0.29, 0.717) is 5.25 Å². The standard InChI is InChI=1S/C30H33ClN4S/c31-27-9-6-25(7-10-27)8-13-30(23-34-17-16-32-24-34)36-29-14-11-28(12-15-29)35-20-18-33(19-21-35)22-26-4-2-1-3-5-26/h1-7,9-12,14-17,24,30H,8,13,18-23H2. The summed E-state index contributed by atoms with van der Waals surface area (Å²) in [6.07, 6.45) is 7.95. The van der Waals surface area contributed by atoms with Gasteiger partial charge in [0, 0.05) is 72.5 Å². The molecule has 1 aliphatic heterocycles. The smallest absolute Gasteiger partial charge is 0.0946 e. The van der Waals surface area contributed by atoms with Gasteiger partial charge in [-0.1, -0.05) is 54.1 Å². The van der Waals surface area contributed by atoms with E-state index in [9.17, 15) is 0 Å². The normalized spacial score (nSPS) is 15.2. The van der Waals surface area contributed by atoms with Crippen LogP contribution in [0.5, 0.6) is 0 Å². The van der Waals surface area contributed by atoms with Crippen molar-refractivity contribution in [2.24, 2.45) is 0 Å². The van der Waals surface area contributed by atoms with E-state index in [1.807, 2.05) is 36.4 Å². The lowest BCUT2D eigenvalue weighted by Crippen LogP contribution is -2.45. The van der Waals surface area contributed by atoms with Gasteiger partial charge in [0.25, 0.3) is 0 Å². The highest BCUT2D eigenvalue weighted by Gasteiger charge is 2.18. The van der Waals surface area contributed by atoms with Crippen LogP contribution in [-0.2, 0) is 19.5 Å². The summed E-state index contributed by atoms with van der Waals surface area (Å²) in [7, 11) is 0. The second-order valence-electron chi connectivity index (χ2n) is 9.41. The Morgan fingerprint density at radius 2 is 1.58 bits per heavy atom. The van der Waals surface area contributed by atoms with Crippen LogP contribution in [-0.4, -0.2) is 45.9 Å². The molecule has 5 rings (SSSR count). The molecule has 4 nitrogen and oxygen atoms in total. The summed E-state index contributed by atoms with van der Waals surface area (Å²) in [5.41, 5.74) is 4.05. The molecule has 1 fully saturated rings. The molecule has 0 radical (unpaired) electrons. The molecule has 36 heavy (non-hydrogen) atoms. The Labute approximate surface area is 223 Å². The molecule has 3 aromatic carbocycles. The van der Waals surface area contributed by atoms with E-state index >= 15 is 0 Å². The number of benzene rings is 3. The molecule has 1 atom stereocenters. The highest BCUT2D eigenvalue weighted by molar-refractivity contribution is 8.00. The number of thioether (sulfide) groups is 1. The lowest BCUT2D eigenvalue weighted by molar-refractivity contribution is 0.250. The van der Waals surface area contributed by atoms with E-state index < -0.39 is 0 Å². The second kappa shape index (κ2) is 12.5. The number of imidazole rings is 1. The molecule has 0 spiro atoms. The first-order chi connectivity index (χ1) is 17.7. The van der Waals surface area contributed by atoms with Gasteiger partial charge in [0.2, 0.25) is 0 Å². The third-order valence-electron chi connectivity index (χ3n) is 6.77. The predicted octanol–water partition coefficient (Wildman–Crippen LogP) is 6.65. The molecule has 1 unspecified atom stereocenters. The van der Waals surface area contributed by atoms with E-state index in [1.54, 1.807) is 0 Å². The Kier molecular flexibility index (Phi) is 8.65. The monoisotopic (exact) mass is 516 g/mol. The van der Waals surface area contributed by atoms with E-state index in [-0.39, 0.29) is 0 Å². The Morgan fingerprint density at radius 1 is 0.833 bits per heavy atom. The molecule has 0 N–H and O–H groups in total.